The number of hydrogen-bond donors (Lipinski definition) is 1. The molecule has 0 aliphatic heterocycles. The maximum Gasteiger partial charge on any atom is 0.0593 e. The summed E-state index contributed by atoms with van der Waals surface area (Å²) >= 11 is 0. The van der Waals surface area contributed by atoms with Crippen molar-refractivity contribution in [3.63, 3.8) is 0 Å². The van der Waals surface area contributed by atoms with Crippen LogP contribution in [0.2, 0.25) is 0 Å². The predicted octanol–water partition coefficient (Wildman–Crippen LogP) is 2.90. The molecule has 19 heavy (non-hydrogen) atoms. The summed E-state index contributed by atoms with van der Waals surface area (Å²) in [4.78, 5) is 2.45. The summed E-state index contributed by atoms with van der Waals surface area (Å²) in [5.41, 5.74) is 0. The molecular formula is C16H34N2O. The lowest BCUT2D eigenvalue weighted by Gasteiger charge is -2.30. The van der Waals surface area contributed by atoms with E-state index in [1.807, 2.05) is 0 Å². The Kier molecular flexibility index (Phi) is 9.48. The van der Waals surface area contributed by atoms with Crippen LogP contribution in [-0.2, 0) is 4.74 Å². The smallest absolute Gasteiger partial charge is 0.0593 e. The van der Waals surface area contributed by atoms with Gasteiger partial charge in [-0.25, -0.2) is 0 Å². The van der Waals surface area contributed by atoms with Crippen LogP contribution in [0.4, 0.5) is 0 Å². The third kappa shape index (κ3) is 7.28. The third-order valence-electron chi connectivity index (χ3n) is 4.18. The van der Waals surface area contributed by atoms with Crippen molar-refractivity contribution in [1.82, 2.24) is 10.2 Å². The molecule has 1 aliphatic rings. The van der Waals surface area contributed by atoms with Gasteiger partial charge in [0.1, 0.15) is 0 Å². The molecule has 0 bridgehead atoms. The highest BCUT2D eigenvalue weighted by Gasteiger charge is 2.23. The van der Waals surface area contributed by atoms with Crippen molar-refractivity contribution < 1.29 is 4.74 Å². The van der Waals surface area contributed by atoms with Gasteiger partial charge in [0.05, 0.1) is 6.61 Å². The Morgan fingerprint density at radius 3 is 2.68 bits per heavy atom. The number of nitrogens with zero attached hydrogens (tertiary/aromatic N) is 1. The zero-order valence-corrected chi connectivity index (χ0v) is 13.3. The predicted molar refractivity (Wildman–Crippen MR) is 82.6 cm³/mol. The van der Waals surface area contributed by atoms with E-state index >= 15 is 0 Å². The van der Waals surface area contributed by atoms with Gasteiger partial charge in [-0.3, -0.25) is 0 Å². The van der Waals surface area contributed by atoms with Crippen LogP contribution in [0.1, 0.15) is 52.4 Å². The monoisotopic (exact) mass is 270 g/mol. The van der Waals surface area contributed by atoms with E-state index in [0.717, 1.165) is 31.7 Å². The second-order valence-electron chi connectivity index (χ2n) is 5.92. The molecule has 2 unspecified atom stereocenters. The fraction of sp³-hybridized carbons (Fsp3) is 1.00. The first kappa shape index (κ1) is 16.9. The normalized spacial score (nSPS) is 24.6. The first-order chi connectivity index (χ1) is 9.27. The lowest BCUT2D eigenvalue weighted by atomic mass is 9.94. The molecule has 0 heterocycles. The molecule has 0 aromatic carbocycles. The summed E-state index contributed by atoms with van der Waals surface area (Å²) in [6, 6.07) is 0.733. The van der Waals surface area contributed by atoms with E-state index in [9.17, 15) is 0 Å². The number of nitrogens with one attached hydrogen (secondary N) is 1. The fourth-order valence-corrected chi connectivity index (χ4v) is 3.06. The van der Waals surface area contributed by atoms with E-state index < -0.39 is 0 Å². The maximum atomic E-state index is 5.45. The molecule has 0 aromatic heterocycles. The molecule has 0 spiro atoms. The van der Waals surface area contributed by atoms with Crippen LogP contribution in [0, 0.1) is 5.92 Å². The molecule has 114 valence electrons. The summed E-state index contributed by atoms with van der Waals surface area (Å²) in [6.07, 6.45) is 8.23. The van der Waals surface area contributed by atoms with Crippen LogP contribution in [0.15, 0.2) is 0 Å². The van der Waals surface area contributed by atoms with Gasteiger partial charge in [-0.2, -0.15) is 0 Å². The molecule has 3 nitrogen and oxygen atoms in total. The summed E-state index contributed by atoms with van der Waals surface area (Å²) in [5.74, 6) is 0.820. The molecule has 0 amide bonds. The van der Waals surface area contributed by atoms with Gasteiger partial charge in [0.2, 0.25) is 0 Å². The van der Waals surface area contributed by atoms with Crippen molar-refractivity contribution in [2.45, 2.75) is 58.4 Å². The Bertz CT molecular complexity index is 211. The van der Waals surface area contributed by atoms with Crippen molar-refractivity contribution in [1.29, 1.82) is 0 Å². The molecule has 1 fully saturated rings. The summed E-state index contributed by atoms with van der Waals surface area (Å²) in [6.45, 7) is 9.47. The number of ether oxygens (including phenoxy) is 1. The van der Waals surface area contributed by atoms with E-state index in [0.29, 0.717) is 0 Å². The highest BCUT2D eigenvalue weighted by molar-refractivity contribution is 4.81. The minimum atomic E-state index is 0.733. The standard InChI is InChI=1S/C16H34N2O/c1-4-11-17-16-10-8-6-7-9-15(16)14-18(3)12-13-19-5-2/h15-17H,4-14H2,1-3H3. The Morgan fingerprint density at radius 1 is 1.16 bits per heavy atom. The van der Waals surface area contributed by atoms with Crippen molar-refractivity contribution in [3.8, 4) is 0 Å². The molecule has 0 aromatic rings. The summed E-state index contributed by atoms with van der Waals surface area (Å²) < 4.78 is 5.45. The van der Waals surface area contributed by atoms with E-state index in [1.54, 1.807) is 0 Å². The van der Waals surface area contributed by atoms with Crippen LogP contribution in [0.3, 0.4) is 0 Å². The zero-order valence-electron chi connectivity index (χ0n) is 13.3. The molecule has 0 radical (unpaired) electrons. The number of hydrogen-bond acceptors (Lipinski definition) is 3. The molecular weight excluding hydrogens is 236 g/mol. The van der Waals surface area contributed by atoms with Crippen molar-refractivity contribution in [3.05, 3.63) is 0 Å². The van der Waals surface area contributed by atoms with Gasteiger partial charge < -0.3 is 15.0 Å². The van der Waals surface area contributed by atoms with Crippen LogP contribution in [0.5, 0.6) is 0 Å². The Labute approximate surface area is 120 Å². The molecule has 1 N–H and O–H groups in total. The highest BCUT2D eigenvalue weighted by Crippen LogP contribution is 2.24. The lowest BCUT2D eigenvalue weighted by Crippen LogP contribution is -2.42. The van der Waals surface area contributed by atoms with Crippen LogP contribution < -0.4 is 5.32 Å². The Balaban J connectivity index is 2.35. The van der Waals surface area contributed by atoms with Crippen LogP contribution in [-0.4, -0.2) is 50.8 Å². The average molecular weight is 270 g/mol. The third-order valence-corrected chi connectivity index (χ3v) is 4.18. The highest BCUT2D eigenvalue weighted by atomic mass is 16.5. The van der Waals surface area contributed by atoms with Crippen LogP contribution in [0.25, 0.3) is 0 Å². The molecule has 1 saturated carbocycles. The minimum absolute atomic E-state index is 0.733. The molecule has 1 rings (SSSR count). The van der Waals surface area contributed by atoms with Crippen molar-refractivity contribution >= 4 is 0 Å². The molecule has 0 saturated heterocycles. The Hall–Kier alpha value is -0.120. The summed E-state index contributed by atoms with van der Waals surface area (Å²) in [5, 5.41) is 3.78. The van der Waals surface area contributed by atoms with E-state index in [2.05, 4.69) is 31.1 Å². The maximum absolute atomic E-state index is 5.45. The van der Waals surface area contributed by atoms with Crippen molar-refractivity contribution in [2.24, 2.45) is 5.92 Å². The number of likely N-dealkylation sites (N-methyl/N-ethyl adjacent to an activating group) is 1. The van der Waals surface area contributed by atoms with E-state index in [-0.39, 0.29) is 0 Å². The van der Waals surface area contributed by atoms with Crippen molar-refractivity contribution in [2.75, 3.05) is 39.9 Å². The first-order valence-electron chi connectivity index (χ1n) is 8.27. The zero-order chi connectivity index (χ0) is 13.9. The van der Waals surface area contributed by atoms with Gasteiger partial charge in [-0.15, -0.1) is 0 Å². The largest absolute Gasteiger partial charge is 0.380 e. The second kappa shape index (κ2) is 10.6. The van der Waals surface area contributed by atoms with E-state index in [1.165, 1.54) is 51.6 Å². The second-order valence-corrected chi connectivity index (χ2v) is 5.92. The van der Waals surface area contributed by atoms with Gasteiger partial charge in [0.25, 0.3) is 0 Å². The lowest BCUT2D eigenvalue weighted by molar-refractivity contribution is 0.112. The fourth-order valence-electron chi connectivity index (χ4n) is 3.06. The SMILES string of the molecule is CCCNC1CCCCCC1CN(C)CCOCC. The average Bonchev–Trinajstić information content (AvgIpc) is 2.62. The quantitative estimate of drug-likeness (QED) is 0.515. The van der Waals surface area contributed by atoms with Gasteiger partial charge in [0.15, 0.2) is 0 Å². The topological polar surface area (TPSA) is 24.5 Å². The molecule has 3 heteroatoms. The van der Waals surface area contributed by atoms with Crippen LogP contribution >= 0.6 is 0 Å². The van der Waals surface area contributed by atoms with Gasteiger partial charge in [0, 0.05) is 25.7 Å². The minimum Gasteiger partial charge on any atom is -0.380 e. The number of rotatable bonds is 9. The molecule has 2 atom stereocenters. The molecule has 1 aliphatic carbocycles. The van der Waals surface area contributed by atoms with E-state index in [4.69, 9.17) is 4.74 Å². The van der Waals surface area contributed by atoms with Gasteiger partial charge >= 0.3 is 0 Å². The summed E-state index contributed by atoms with van der Waals surface area (Å²) in [7, 11) is 2.24. The van der Waals surface area contributed by atoms with Gasteiger partial charge in [-0.05, 0) is 45.7 Å². The van der Waals surface area contributed by atoms with Gasteiger partial charge in [-0.1, -0.05) is 26.2 Å². The Morgan fingerprint density at radius 2 is 1.95 bits per heavy atom. The first-order valence-corrected chi connectivity index (χ1v) is 8.27.